The highest BCUT2D eigenvalue weighted by Gasteiger charge is 2.07. The molecule has 0 atom stereocenters. The van der Waals surface area contributed by atoms with E-state index in [-0.39, 0.29) is 18.1 Å². The van der Waals surface area contributed by atoms with Gasteiger partial charge in [-0.15, -0.1) is 0 Å². The Morgan fingerprint density at radius 1 is 1.00 bits per heavy atom. The maximum atomic E-state index is 10.2. The van der Waals surface area contributed by atoms with Gasteiger partial charge in [0.1, 0.15) is 18.1 Å². The van der Waals surface area contributed by atoms with Gasteiger partial charge in [-0.1, -0.05) is 18.2 Å². The van der Waals surface area contributed by atoms with E-state index in [0.29, 0.717) is 12.0 Å². The number of carbonyl (C=O) groups excluding carboxylic acids is 1. The summed E-state index contributed by atoms with van der Waals surface area (Å²) in [6.07, 6.45) is 0. The minimum Gasteiger partial charge on any atom is -0.508 e. The Hall–Kier alpha value is -2.49. The molecule has 0 bridgehead atoms. The van der Waals surface area contributed by atoms with Gasteiger partial charge in [0.25, 0.3) is 6.47 Å². The largest absolute Gasteiger partial charge is 0.508 e. The smallest absolute Gasteiger partial charge is 0.293 e. The normalized spacial score (nSPS) is 10.0. The minimum atomic E-state index is 0.0914. The predicted molar refractivity (Wildman–Crippen MR) is 66.1 cm³/mol. The second-order valence-corrected chi connectivity index (χ2v) is 3.80. The fraction of sp³-hybridized carbons (Fsp3) is 0.0714. The maximum Gasteiger partial charge on any atom is 0.293 e. The average molecular weight is 244 g/mol. The summed E-state index contributed by atoms with van der Waals surface area (Å²) in [7, 11) is 0. The summed E-state index contributed by atoms with van der Waals surface area (Å²) in [5, 5.41) is 18.7. The van der Waals surface area contributed by atoms with Crippen molar-refractivity contribution >= 4 is 6.47 Å². The molecule has 0 aliphatic carbocycles. The Kier molecular flexibility index (Phi) is 3.48. The lowest BCUT2D eigenvalue weighted by Crippen LogP contribution is -1.93. The second kappa shape index (κ2) is 5.23. The van der Waals surface area contributed by atoms with Crippen LogP contribution in [0.5, 0.6) is 11.5 Å². The third kappa shape index (κ3) is 2.60. The van der Waals surface area contributed by atoms with Crippen LogP contribution in [-0.4, -0.2) is 16.7 Å². The van der Waals surface area contributed by atoms with Crippen LogP contribution in [0, 0.1) is 0 Å². The first-order valence-corrected chi connectivity index (χ1v) is 5.37. The first kappa shape index (κ1) is 12.0. The molecule has 4 nitrogen and oxygen atoms in total. The fourth-order valence-electron chi connectivity index (χ4n) is 1.75. The lowest BCUT2D eigenvalue weighted by molar-refractivity contribution is -0.129. The van der Waals surface area contributed by atoms with Gasteiger partial charge in [0.2, 0.25) is 0 Å². The Morgan fingerprint density at radius 2 is 1.67 bits per heavy atom. The molecule has 0 spiro atoms. The molecular weight excluding hydrogens is 232 g/mol. The van der Waals surface area contributed by atoms with E-state index in [2.05, 4.69) is 0 Å². The van der Waals surface area contributed by atoms with Crippen molar-refractivity contribution in [2.24, 2.45) is 0 Å². The van der Waals surface area contributed by atoms with Crippen molar-refractivity contribution in [3.63, 3.8) is 0 Å². The van der Waals surface area contributed by atoms with E-state index in [1.54, 1.807) is 42.5 Å². The van der Waals surface area contributed by atoms with E-state index in [0.717, 1.165) is 11.1 Å². The van der Waals surface area contributed by atoms with Crippen molar-refractivity contribution < 1.29 is 19.7 Å². The standard InChI is InChI=1S/C14H12O4/c15-9-18-8-11-7-13(17)5-6-14(11)10-1-3-12(16)4-2-10/h1-7,9,16-17H,8H2. The number of phenolic OH excluding ortho intramolecular Hbond substituents is 2. The number of carbonyl (C=O) groups is 1. The summed E-state index contributed by atoms with van der Waals surface area (Å²) in [5.41, 5.74) is 2.42. The number of ether oxygens (including phenoxy) is 1. The Labute approximate surface area is 104 Å². The van der Waals surface area contributed by atoms with Crippen LogP contribution in [0.3, 0.4) is 0 Å². The lowest BCUT2D eigenvalue weighted by atomic mass is 10.00. The fourth-order valence-corrected chi connectivity index (χ4v) is 1.75. The van der Waals surface area contributed by atoms with Gasteiger partial charge >= 0.3 is 0 Å². The summed E-state index contributed by atoms with van der Waals surface area (Å²) in [6.45, 7) is 0.457. The molecule has 0 aromatic heterocycles. The van der Waals surface area contributed by atoms with Gasteiger partial charge in [-0.2, -0.15) is 0 Å². The summed E-state index contributed by atoms with van der Waals surface area (Å²) in [5.74, 6) is 0.297. The molecular formula is C14H12O4. The molecule has 0 unspecified atom stereocenters. The summed E-state index contributed by atoms with van der Waals surface area (Å²) < 4.78 is 4.72. The number of aromatic hydroxyl groups is 2. The molecule has 2 aromatic carbocycles. The molecule has 0 saturated carbocycles. The zero-order chi connectivity index (χ0) is 13.0. The molecule has 0 fully saturated rings. The van der Waals surface area contributed by atoms with Crippen LogP contribution < -0.4 is 0 Å². The topological polar surface area (TPSA) is 66.8 Å². The highest BCUT2D eigenvalue weighted by molar-refractivity contribution is 5.69. The van der Waals surface area contributed by atoms with Crippen molar-refractivity contribution in [1.29, 1.82) is 0 Å². The number of hydrogen-bond donors (Lipinski definition) is 2. The van der Waals surface area contributed by atoms with E-state index < -0.39 is 0 Å². The predicted octanol–water partition coefficient (Wildman–Crippen LogP) is 2.44. The van der Waals surface area contributed by atoms with Crippen molar-refractivity contribution in [2.75, 3.05) is 0 Å². The SMILES string of the molecule is O=COCc1cc(O)ccc1-c1ccc(O)cc1. The molecule has 92 valence electrons. The molecule has 2 aromatic rings. The highest BCUT2D eigenvalue weighted by atomic mass is 16.5. The maximum absolute atomic E-state index is 10.2. The summed E-state index contributed by atoms with van der Waals surface area (Å²) >= 11 is 0. The minimum absolute atomic E-state index is 0.0914. The van der Waals surface area contributed by atoms with E-state index in [4.69, 9.17) is 4.74 Å². The molecule has 4 heteroatoms. The third-order valence-electron chi connectivity index (χ3n) is 2.57. The summed E-state index contributed by atoms with van der Waals surface area (Å²) in [6, 6.07) is 11.5. The van der Waals surface area contributed by atoms with Crippen LogP contribution in [0.25, 0.3) is 11.1 Å². The van der Waals surface area contributed by atoms with Gasteiger partial charge in [-0.3, -0.25) is 4.79 Å². The average Bonchev–Trinajstić information content (AvgIpc) is 2.38. The van der Waals surface area contributed by atoms with Crippen molar-refractivity contribution in [2.45, 2.75) is 6.61 Å². The van der Waals surface area contributed by atoms with Gasteiger partial charge in [-0.25, -0.2) is 0 Å². The van der Waals surface area contributed by atoms with E-state index in [1.807, 2.05) is 0 Å². The number of phenols is 2. The first-order chi connectivity index (χ1) is 8.70. The second-order valence-electron chi connectivity index (χ2n) is 3.80. The Morgan fingerprint density at radius 3 is 2.33 bits per heavy atom. The lowest BCUT2D eigenvalue weighted by Gasteiger charge is -2.09. The quantitative estimate of drug-likeness (QED) is 0.810. The monoisotopic (exact) mass is 244 g/mol. The number of hydrogen-bond acceptors (Lipinski definition) is 4. The van der Waals surface area contributed by atoms with Gasteiger partial charge in [0.05, 0.1) is 0 Å². The Bertz CT molecular complexity index is 546. The number of benzene rings is 2. The van der Waals surface area contributed by atoms with Crippen LogP contribution in [0.2, 0.25) is 0 Å². The van der Waals surface area contributed by atoms with Crippen LogP contribution >= 0.6 is 0 Å². The van der Waals surface area contributed by atoms with E-state index in [9.17, 15) is 15.0 Å². The van der Waals surface area contributed by atoms with Crippen LogP contribution in [0.1, 0.15) is 5.56 Å². The van der Waals surface area contributed by atoms with Gasteiger partial charge in [0.15, 0.2) is 0 Å². The number of rotatable bonds is 4. The molecule has 0 radical (unpaired) electrons. The first-order valence-electron chi connectivity index (χ1n) is 5.37. The van der Waals surface area contributed by atoms with E-state index in [1.165, 1.54) is 0 Å². The Balaban J connectivity index is 2.42. The van der Waals surface area contributed by atoms with E-state index >= 15 is 0 Å². The molecule has 0 aliphatic heterocycles. The molecule has 0 heterocycles. The van der Waals surface area contributed by atoms with Crippen LogP contribution in [0.15, 0.2) is 42.5 Å². The van der Waals surface area contributed by atoms with Crippen LogP contribution in [-0.2, 0) is 16.1 Å². The van der Waals surface area contributed by atoms with Crippen molar-refractivity contribution in [1.82, 2.24) is 0 Å². The highest BCUT2D eigenvalue weighted by Crippen LogP contribution is 2.28. The molecule has 2 rings (SSSR count). The molecule has 0 saturated heterocycles. The summed E-state index contributed by atoms with van der Waals surface area (Å²) in [4.78, 5) is 10.2. The zero-order valence-corrected chi connectivity index (χ0v) is 9.54. The van der Waals surface area contributed by atoms with Crippen molar-refractivity contribution in [3.05, 3.63) is 48.0 Å². The molecule has 0 aliphatic rings. The van der Waals surface area contributed by atoms with Gasteiger partial charge in [-0.05, 0) is 35.4 Å². The van der Waals surface area contributed by atoms with Crippen molar-refractivity contribution in [3.8, 4) is 22.6 Å². The van der Waals surface area contributed by atoms with Gasteiger partial charge in [0, 0.05) is 5.56 Å². The molecule has 0 amide bonds. The van der Waals surface area contributed by atoms with Gasteiger partial charge < -0.3 is 14.9 Å². The zero-order valence-electron chi connectivity index (χ0n) is 9.54. The third-order valence-corrected chi connectivity index (χ3v) is 2.57. The molecule has 18 heavy (non-hydrogen) atoms. The van der Waals surface area contributed by atoms with Crippen LogP contribution in [0.4, 0.5) is 0 Å². The molecule has 2 N–H and O–H groups in total.